The van der Waals surface area contributed by atoms with Crippen LogP contribution in [0.15, 0.2) is 55.4 Å². The Kier molecular flexibility index (Phi) is 4.91. The van der Waals surface area contributed by atoms with Crippen molar-refractivity contribution in [2.75, 3.05) is 6.54 Å². The van der Waals surface area contributed by atoms with E-state index in [-0.39, 0.29) is 12.1 Å². The summed E-state index contributed by atoms with van der Waals surface area (Å²) in [5.74, 6) is 0.983. The summed E-state index contributed by atoms with van der Waals surface area (Å²) in [7, 11) is 0. The van der Waals surface area contributed by atoms with Gasteiger partial charge in [-0.3, -0.25) is 0 Å². The van der Waals surface area contributed by atoms with Gasteiger partial charge in [-0.05, 0) is 31.4 Å². The normalized spacial score (nSPS) is 16.6. The zero-order valence-corrected chi connectivity index (χ0v) is 15.5. The quantitative estimate of drug-likeness (QED) is 0.757. The molecule has 1 atom stereocenters. The lowest BCUT2D eigenvalue weighted by molar-refractivity contribution is 0.186. The number of para-hydroxylation sites is 1. The molecule has 1 N–H and O–H groups in total. The molecule has 0 bridgehead atoms. The number of rotatable bonds is 5. The van der Waals surface area contributed by atoms with E-state index in [4.69, 9.17) is 0 Å². The van der Waals surface area contributed by atoms with Crippen LogP contribution in [0.4, 0.5) is 4.79 Å². The SMILES string of the molecule is Cc1nccn1CC1CCCN1C(=O)NCc1ccccc1-n1ccnc1. The maximum Gasteiger partial charge on any atom is 0.317 e. The molecule has 1 saturated heterocycles. The smallest absolute Gasteiger partial charge is 0.317 e. The van der Waals surface area contributed by atoms with Gasteiger partial charge in [0.1, 0.15) is 5.82 Å². The number of nitrogens with one attached hydrogen (secondary N) is 1. The van der Waals surface area contributed by atoms with Crippen LogP contribution in [0.1, 0.15) is 24.2 Å². The van der Waals surface area contributed by atoms with E-state index >= 15 is 0 Å². The molecule has 0 radical (unpaired) electrons. The van der Waals surface area contributed by atoms with Gasteiger partial charge < -0.3 is 19.4 Å². The van der Waals surface area contributed by atoms with Crippen molar-refractivity contribution in [3.8, 4) is 5.69 Å². The molecule has 1 unspecified atom stereocenters. The number of nitrogens with zero attached hydrogens (tertiary/aromatic N) is 5. The molecular weight excluding hydrogens is 340 g/mol. The second-order valence-corrected chi connectivity index (χ2v) is 6.87. The van der Waals surface area contributed by atoms with E-state index in [0.29, 0.717) is 6.54 Å². The molecule has 0 aliphatic carbocycles. The first-order chi connectivity index (χ1) is 13.2. The second kappa shape index (κ2) is 7.65. The number of amides is 2. The Labute approximate surface area is 158 Å². The fraction of sp³-hybridized carbons (Fsp3) is 0.350. The van der Waals surface area contributed by atoms with Crippen LogP contribution >= 0.6 is 0 Å². The molecule has 7 heteroatoms. The van der Waals surface area contributed by atoms with E-state index in [1.165, 1.54) is 0 Å². The van der Waals surface area contributed by atoms with Crippen LogP contribution in [0, 0.1) is 6.92 Å². The minimum Gasteiger partial charge on any atom is -0.334 e. The molecule has 4 rings (SSSR count). The minimum atomic E-state index is -0.00398. The van der Waals surface area contributed by atoms with Crippen LogP contribution in [0.25, 0.3) is 5.69 Å². The van der Waals surface area contributed by atoms with E-state index in [2.05, 4.69) is 19.9 Å². The summed E-state index contributed by atoms with van der Waals surface area (Å²) in [5.41, 5.74) is 2.09. The van der Waals surface area contributed by atoms with Gasteiger partial charge in [0.15, 0.2) is 0 Å². The number of aryl methyl sites for hydroxylation is 1. The number of likely N-dealkylation sites (tertiary alicyclic amines) is 1. The Morgan fingerprint density at radius 1 is 1.26 bits per heavy atom. The van der Waals surface area contributed by atoms with Gasteiger partial charge in [0.2, 0.25) is 0 Å². The number of hydrogen-bond acceptors (Lipinski definition) is 3. The Balaban J connectivity index is 1.42. The molecular formula is C20H24N6O. The van der Waals surface area contributed by atoms with Gasteiger partial charge in [-0.2, -0.15) is 0 Å². The predicted octanol–water partition coefficient (Wildman–Crippen LogP) is 2.75. The summed E-state index contributed by atoms with van der Waals surface area (Å²) in [6.07, 6.45) is 11.3. The van der Waals surface area contributed by atoms with Gasteiger partial charge in [0.05, 0.1) is 18.1 Å². The molecule has 0 spiro atoms. The first-order valence-corrected chi connectivity index (χ1v) is 9.31. The van der Waals surface area contributed by atoms with Crippen molar-refractivity contribution in [3.63, 3.8) is 0 Å². The van der Waals surface area contributed by atoms with Crippen molar-refractivity contribution in [1.29, 1.82) is 0 Å². The van der Waals surface area contributed by atoms with Gasteiger partial charge in [-0.1, -0.05) is 18.2 Å². The lowest BCUT2D eigenvalue weighted by Gasteiger charge is -2.26. The van der Waals surface area contributed by atoms with Gasteiger partial charge in [-0.15, -0.1) is 0 Å². The first-order valence-electron chi connectivity index (χ1n) is 9.31. The number of carbonyl (C=O) groups excluding carboxylic acids is 1. The van der Waals surface area contributed by atoms with Gasteiger partial charge in [0, 0.05) is 44.4 Å². The molecule has 2 amide bonds. The van der Waals surface area contributed by atoms with E-state index in [9.17, 15) is 4.79 Å². The summed E-state index contributed by atoms with van der Waals surface area (Å²) >= 11 is 0. The highest BCUT2D eigenvalue weighted by molar-refractivity contribution is 5.75. The molecule has 1 aromatic carbocycles. The lowest BCUT2D eigenvalue weighted by Crippen LogP contribution is -2.44. The minimum absolute atomic E-state index is 0.00398. The summed E-state index contributed by atoms with van der Waals surface area (Å²) in [5, 5.41) is 3.10. The first kappa shape index (κ1) is 17.3. The van der Waals surface area contributed by atoms with E-state index in [1.54, 1.807) is 12.5 Å². The van der Waals surface area contributed by atoms with Crippen LogP contribution in [0.5, 0.6) is 0 Å². The summed E-state index contributed by atoms with van der Waals surface area (Å²) in [6.45, 7) is 4.07. The standard InChI is InChI=1S/C20H24N6O/c1-16-22-9-12-24(16)14-18-6-4-10-26(18)20(27)23-13-17-5-2-3-7-19(17)25-11-8-21-15-25/h2-3,5,7-9,11-12,15,18H,4,6,10,13-14H2,1H3,(H,23,27). The lowest BCUT2D eigenvalue weighted by atomic mass is 10.1. The number of aromatic nitrogens is 4. The van der Waals surface area contributed by atoms with Crippen molar-refractivity contribution in [1.82, 2.24) is 29.3 Å². The molecule has 1 aliphatic heterocycles. The van der Waals surface area contributed by atoms with E-state index in [1.807, 2.05) is 59.2 Å². The molecule has 140 valence electrons. The Morgan fingerprint density at radius 2 is 2.15 bits per heavy atom. The monoisotopic (exact) mass is 364 g/mol. The molecule has 0 saturated carbocycles. The zero-order valence-electron chi connectivity index (χ0n) is 15.5. The van der Waals surface area contributed by atoms with Crippen molar-refractivity contribution < 1.29 is 4.79 Å². The highest BCUT2D eigenvalue weighted by Gasteiger charge is 2.29. The molecule has 1 fully saturated rings. The molecule has 7 nitrogen and oxygen atoms in total. The van der Waals surface area contributed by atoms with Crippen LogP contribution in [-0.2, 0) is 13.1 Å². The van der Waals surface area contributed by atoms with Gasteiger partial charge in [0.25, 0.3) is 0 Å². The Hall–Kier alpha value is -3.09. The van der Waals surface area contributed by atoms with Crippen molar-refractivity contribution in [3.05, 3.63) is 66.8 Å². The zero-order chi connectivity index (χ0) is 18.6. The number of carbonyl (C=O) groups is 1. The van der Waals surface area contributed by atoms with Crippen LogP contribution in [-0.4, -0.2) is 42.6 Å². The maximum atomic E-state index is 12.8. The Bertz CT molecular complexity index is 901. The van der Waals surface area contributed by atoms with E-state index in [0.717, 1.165) is 43.0 Å². The molecule has 2 aromatic heterocycles. The Morgan fingerprint density at radius 3 is 2.93 bits per heavy atom. The van der Waals surface area contributed by atoms with Gasteiger partial charge >= 0.3 is 6.03 Å². The summed E-state index contributed by atoms with van der Waals surface area (Å²) in [4.78, 5) is 23.2. The fourth-order valence-electron chi connectivity index (χ4n) is 3.70. The van der Waals surface area contributed by atoms with Crippen LogP contribution in [0.3, 0.4) is 0 Å². The number of benzene rings is 1. The average Bonchev–Trinajstić information content (AvgIpc) is 3.43. The second-order valence-electron chi connectivity index (χ2n) is 6.87. The third-order valence-corrected chi connectivity index (χ3v) is 5.17. The molecule has 3 heterocycles. The third-order valence-electron chi connectivity index (χ3n) is 5.17. The van der Waals surface area contributed by atoms with Crippen LogP contribution < -0.4 is 5.32 Å². The van der Waals surface area contributed by atoms with E-state index < -0.39 is 0 Å². The maximum absolute atomic E-state index is 12.8. The molecule has 3 aromatic rings. The van der Waals surface area contributed by atoms with Crippen molar-refractivity contribution >= 4 is 6.03 Å². The van der Waals surface area contributed by atoms with Gasteiger partial charge in [-0.25, -0.2) is 14.8 Å². The highest BCUT2D eigenvalue weighted by atomic mass is 16.2. The summed E-state index contributed by atoms with van der Waals surface area (Å²) < 4.78 is 4.08. The average molecular weight is 364 g/mol. The van der Waals surface area contributed by atoms with Crippen LogP contribution in [0.2, 0.25) is 0 Å². The predicted molar refractivity (Wildman–Crippen MR) is 102 cm³/mol. The number of urea groups is 1. The molecule has 27 heavy (non-hydrogen) atoms. The van der Waals surface area contributed by atoms with Crippen molar-refractivity contribution in [2.24, 2.45) is 0 Å². The number of hydrogen-bond donors (Lipinski definition) is 1. The largest absolute Gasteiger partial charge is 0.334 e. The van der Waals surface area contributed by atoms with Crippen molar-refractivity contribution in [2.45, 2.75) is 38.9 Å². The highest BCUT2D eigenvalue weighted by Crippen LogP contribution is 2.20. The molecule has 1 aliphatic rings. The topological polar surface area (TPSA) is 68.0 Å². The third kappa shape index (κ3) is 3.72. The summed E-state index contributed by atoms with van der Waals surface area (Å²) in [6, 6.07) is 8.25. The fourth-order valence-corrected chi connectivity index (χ4v) is 3.70. The number of imidazole rings is 2.